The van der Waals surface area contributed by atoms with Crippen LogP contribution in [0, 0.1) is 0 Å². The fourth-order valence-corrected chi connectivity index (χ4v) is 2.09. The van der Waals surface area contributed by atoms with Crippen molar-refractivity contribution in [1.82, 2.24) is 4.90 Å². The van der Waals surface area contributed by atoms with Gasteiger partial charge in [0.1, 0.15) is 0 Å². The summed E-state index contributed by atoms with van der Waals surface area (Å²) in [6.07, 6.45) is 1.55. The van der Waals surface area contributed by atoms with Gasteiger partial charge in [0.25, 0.3) is 0 Å². The lowest BCUT2D eigenvalue weighted by Crippen LogP contribution is -2.21. The van der Waals surface area contributed by atoms with E-state index in [1.807, 2.05) is 19.0 Å². The van der Waals surface area contributed by atoms with Crippen LogP contribution in [0.15, 0.2) is 47.5 Å². The van der Waals surface area contributed by atoms with Crippen LogP contribution >= 0.6 is 0 Å². The highest BCUT2D eigenvalue weighted by Crippen LogP contribution is 2.28. The zero-order valence-corrected chi connectivity index (χ0v) is 13.5. The molecular formula is C18H20N2O3. The van der Waals surface area contributed by atoms with Crippen molar-refractivity contribution < 1.29 is 14.6 Å². The number of phenols is 1. The first-order valence-electron chi connectivity index (χ1n) is 7.19. The Balaban J connectivity index is 2.22. The maximum absolute atomic E-state index is 12.1. The average Bonchev–Trinajstić information content (AvgIpc) is 2.53. The van der Waals surface area contributed by atoms with Crippen molar-refractivity contribution in [2.75, 3.05) is 27.7 Å². The van der Waals surface area contributed by atoms with E-state index in [1.165, 1.54) is 7.11 Å². The van der Waals surface area contributed by atoms with Gasteiger partial charge < -0.3 is 14.7 Å². The third kappa shape index (κ3) is 4.40. The Morgan fingerprint density at radius 3 is 2.70 bits per heavy atom. The fourth-order valence-electron chi connectivity index (χ4n) is 2.09. The first-order valence-corrected chi connectivity index (χ1v) is 7.19. The Morgan fingerprint density at radius 1 is 1.26 bits per heavy atom. The quantitative estimate of drug-likeness (QED) is 0.658. The Kier molecular flexibility index (Phi) is 5.49. The van der Waals surface area contributed by atoms with Crippen LogP contribution in [-0.4, -0.2) is 49.8 Å². The van der Waals surface area contributed by atoms with Crippen LogP contribution < -0.4 is 4.74 Å². The molecule has 0 bridgehead atoms. The third-order valence-electron chi connectivity index (χ3n) is 3.23. The lowest BCUT2D eigenvalue weighted by Gasteiger charge is -2.08. The number of para-hydroxylation sites is 1. The molecule has 0 saturated carbocycles. The average molecular weight is 312 g/mol. The van der Waals surface area contributed by atoms with E-state index in [0.717, 1.165) is 0 Å². The summed E-state index contributed by atoms with van der Waals surface area (Å²) in [7, 11) is 5.20. The van der Waals surface area contributed by atoms with Crippen LogP contribution in [0.3, 0.4) is 0 Å². The van der Waals surface area contributed by atoms with Gasteiger partial charge in [0, 0.05) is 17.3 Å². The number of Topliss-reactive ketones (excluding diaryl/α,β-unsaturated/α-hetero) is 1. The highest BCUT2D eigenvalue weighted by atomic mass is 16.5. The number of benzene rings is 2. The third-order valence-corrected chi connectivity index (χ3v) is 3.23. The molecule has 120 valence electrons. The predicted molar refractivity (Wildman–Crippen MR) is 91.2 cm³/mol. The standard InChI is InChI=1S/C18H20N2O3/c1-20(2)12-16(21)13-6-4-8-15(10-13)19-11-14-7-5-9-17(23-3)18(14)22/h4-11,22H,12H2,1-3H3. The Labute approximate surface area is 135 Å². The molecule has 2 rings (SSSR count). The van der Waals surface area contributed by atoms with Gasteiger partial charge in [-0.3, -0.25) is 9.79 Å². The van der Waals surface area contributed by atoms with E-state index < -0.39 is 0 Å². The molecule has 0 amide bonds. The molecule has 0 atom stereocenters. The van der Waals surface area contributed by atoms with Gasteiger partial charge in [-0.1, -0.05) is 18.2 Å². The van der Waals surface area contributed by atoms with Gasteiger partial charge >= 0.3 is 0 Å². The number of carbonyl (C=O) groups excluding carboxylic acids is 1. The maximum atomic E-state index is 12.1. The summed E-state index contributed by atoms with van der Waals surface area (Å²) >= 11 is 0. The number of ether oxygens (including phenoxy) is 1. The number of ketones is 1. The minimum absolute atomic E-state index is 0.0382. The lowest BCUT2D eigenvalue weighted by atomic mass is 10.1. The van der Waals surface area contributed by atoms with Crippen LogP contribution in [0.25, 0.3) is 0 Å². The van der Waals surface area contributed by atoms with Crippen molar-refractivity contribution in [2.24, 2.45) is 4.99 Å². The van der Waals surface area contributed by atoms with Gasteiger partial charge in [0.15, 0.2) is 17.3 Å². The van der Waals surface area contributed by atoms with Gasteiger partial charge in [-0.25, -0.2) is 0 Å². The van der Waals surface area contributed by atoms with Crippen molar-refractivity contribution in [3.63, 3.8) is 0 Å². The number of methoxy groups -OCH3 is 1. The number of aromatic hydroxyl groups is 1. The Bertz CT molecular complexity index is 724. The number of rotatable bonds is 6. The molecule has 0 heterocycles. The second-order valence-electron chi connectivity index (χ2n) is 5.37. The van der Waals surface area contributed by atoms with Gasteiger partial charge in [-0.05, 0) is 38.4 Å². The molecule has 0 radical (unpaired) electrons. The molecule has 0 fully saturated rings. The van der Waals surface area contributed by atoms with E-state index in [1.54, 1.807) is 48.7 Å². The van der Waals surface area contributed by atoms with Crippen LogP contribution in [0.4, 0.5) is 5.69 Å². The maximum Gasteiger partial charge on any atom is 0.176 e. The van der Waals surface area contributed by atoms with Crippen LogP contribution in [0.5, 0.6) is 11.5 Å². The predicted octanol–water partition coefficient (Wildman–Crippen LogP) is 2.90. The fraction of sp³-hybridized carbons (Fsp3) is 0.222. The summed E-state index contributed by atoms with van der Waals surface area (Å²) in [6.45, 7) is 0.351. The molecule has 1 N–H and O–H groups in total. The summed E-state index contributed by atoms with van der Waals surface area (Å²) in [5.41, 5.74) is 1.81. The minimum Gasteiger partial charge on any atom is -0.504 e. The number of likely N-dealkylation sites (N-methyl/N-ethyl adjacent to an activating group) is 1. The first kappa shape index (κ1) is 16.7. The Morgan fingerprint density at radius 2 is 2.00 bits per heavy atom. The summed E-state index contributed by atoms with van der Waals surface area (Å²) in [5.74, 6) is 0.471. The van der Waals surface area contributed by atoms with E-state index in [2.05, 4.69) is 4.99 Å². The monoisotopic (exact) mass is 312 g/mol. The molecule has 5 heteroatoms. The van der Waals surface area contributed by atoms with E-state index >= 15 is 0 Å². The largest absolute Gasteiger partial charge is 0.504 e. The number of hydrogen-bond donors (Lipinski definition) is 1. The Hall–Kier alpha value is -2.66. The van der Waals surface area contributed by atoms with Gasteiger partial charge in [-0.2, -0.15) is 0 Å². The normalized spacial score (nSPS) is 11.1. The van der Waals surface area contributed by atoms with Gasteiger partial charge in [0.2, 0.25) is 0 Å². The zero-order valence-electron chi connectivity index (χ0n) is 13.5. The molecular weight excluding hydrogens is 292 g/mol. The van der Waals surface area contributed by atoms with Crippen molar-refractivity contribution in [2.45, 2.75) is 0 Å². The second-order valence-corrected chi connectivity index (χ2v) is 5.37. The number of hydrogen-bond acceptors (Lipinski definition) is 5. The molecule has 0 aliphatic carbocycles. The first-order chi connectivity index (χ1) is 11.0. The summed E-state index contributed by atoms with van der Waals surface area (Å²) in [5, 5.41) is 10.0. The summed E-state index contributed by atoms with van der Waals surface area (Å²) in [4.78, 5) is 18.2. The topological polar surface area (TPSA) is 62.1 Å². The van der Waals surface area contributed by atoms with Gasteiger partial charge in [-0.15, -0.1) is 0 Å². The number of phenolic OH excluding ortho intramolecular Hbond substituents is 1. The molecule has 0 aliphatic rings. The molecule has 2 aromatic carbocycles. The molecule has 23 heavy (non-hydrogen) atoms. The summed E-state index contributed by atoms with van der Waals surface area (Å²) < 4.78 is 5.06. The highest BCUT2D eigenvalue weighted by Gasteiger charge is 2.08. The smallest absolute Gasteiger partial charge is 0.176 e. The molecule has 0 aromatic heterocycles. The van der Waals surface area contributed by atoms with Crippen LogP contribution in [-0.2, 0) is 0 Å². The minimum atomic E-state index is 0.0382. The summed E-state index contributed by atoms with van der Waals surface area (Å²) in [6, 6.07) is 12.3. The molecule has 0 saturated heterocycles. The second kappa shape index (κ2) is 7.56. The van der Waals surface area contributed by atoms with Gasteiger partial charge in [0.05, 0.1) is 19.3 Å². The van der Waals surface area contributed by atoms with Crippen molar-refractivity contribution in [3.05, 3.63) is 53.6 Å². The van der Waals surface area contributed by atoms with E-state index in [9.17, 15) is 9.90 Å². The number of nitrogens with zero attached hydrogens (tertiary/aromatic N) is 2. The molecule has 0 unspecified atom stereocenters. The molecule has 0 spiro atoms. The highest BCUT2D eigenvalue weighted by molar-refractivity contribution is 5.98. The molecule has 2 aromatic rings. The van der Waals surface area contributed by atoms with Crippen molar-refractivity contribution in [1.29, 1.82) is 0 Å². The van der Waals surface area contributed by atoms with Crippen molar-refractivity contribution >= 4 is 17.7 Å². The SMILES string of the molecule is COc1cccc(C=Nc2cccc(C(=O)CN(C)C)c2)c1O. The molecule has 5 nitrogen and oxygen atoms in total. The number of aliphatic imine (C=N–C) groups is 1. The van der Waals surface area contributed by atoms with Crippen LogP contribution in [0.1, 0.15) is 15.9 Å². The van der Waals surface area contributed by atoms with Crippen LogP contribution in [0.2, 0.25) is 0 Å². The lowest BCUT2D eigenvalue weighted by molar-refractivity contribution is 0.0958. The zero-order chi connectivity index (χ0) is 16.8. The molecule has 0 aliphatic heterocycles. The van der Waals surface area contributed by atoms with E-state index in [-0.39, 0.29) is 11.5 Å². The van der Waals surface area contributed by atoms with E-state index in [4.69, 9.17) is 4.74 Å². The number of carbonyl (C=O) groups is 1. The van der Waals surface area contributed by atoms with Crippen molar-refractivity contribution in [3.8, 4) is 11.5 Å². The van der Waals surface area contributed by atoms with E-state index in [0.29, 0.717) is 29.1 Å².